The predicted molar refractivity (Wildman–Crippen MR) is 137 cm³/mol. The van der Waals surface area contributed by atoms with Crippen molar-refractivity contribution in [2.24, 2.45) is 11.8 Å². The summed E-state index contributed by atoms with van der Waals surface area (Å²) in [5, 5.41) is 0. The van der Waals surface area contributed by atoms with E-state index in [1.165, 1.54) is 82.3 Å². The summed E-state index contributed by atoms with van der Waals surface area (Å²) >= 11 is 1.90. The van der Waals surface area contributed by atoms with E-state index in [0.29, 0.717) is 6.54 Å². The van der Waals surface area contributed by atoms with E-state index < -0.39 is 0 Å². The van der Waals surface area contributed by atoms with Crippen molar-refractivity contribution >= 4 is 24.0 Å². The van der Waals surface area contributed by atoms with Crippen LogP contribution in [0.3, 0.4) is 0 Å². The van der Waals surface area contributed by atoms with Crippen LogP contribution < -0.4 is 0 Å². The molecule has 0 bridgehead atoms. The summed E-state index contributed by atoms with van der Waals surface area (Å²) < 4.78 is 0. The van der Waals surface area contributed by atoms with Gasteiger partial charge >= 0.3 is 0 Å². The molecule has 2 aliphatic heterocycles. The average molecular weight is 471 g/mol. The van der Waals surface area contributed by atoms with Gasteiger partial charge in [-0.3, -0.25) is 4.79 Å². The van der Waals surface area contributed by atoms with Crippen LogP contribution >= 0.6 is 11.8 Å². The van der Waals surface area contributed by atoms with Gasteiger partial charge < -0.3 is 14.6 Å². The highest BCUT2D eigenvalue weighted by atomic mass is 32.2. The van der Waals surface area contributed by atoms with Crippen molar-refractivity contribution in [2.45, 2.75) is 95.0 Å². The fourth-order valence-electron chi connectivity index (χ4n) is 6.11. The van der Waals surface area contributed by atoms with E-state index in [2.05, 4.69) is 24.0 Å². The molecule has 0 N–H and O–H groups in total. The summed E-state index contributed by atoms with van der Waals surface area (Å²) in [4.78, 5) is 29.8. The minimum atomic E-state index is -0.291. The third kappa shape index (κ3) is 6.42. The number of carbonyl (C=O) groups excluding carboxylic acids is 2. The van der Waals surface area contributed by atoms with Gasteiger partial charge in [-0.05, 0) is 80.0 Å². The average Bonchev–Trinajstić information content (AvgIpc) is 3.39. The zero-order valence-corrected chi connectivity index (χ0v) is 21.3. The molecule has 3 aliphatic rings. The summed E-state index contributed by atoms with van der Waals surface area (Å²) in [6.45, 7) is 6.69. The van der Waals surface area contributed by atoms with Crippen LogP contribution in [0.5, 0.6) is 0 Å². The number of hydrogen-bond donors (Lipinski definition) is 0. The van der Waals surface area contributed by atoms with Crippen molar-refractivity contribution in [1.29, 1.82) is 0 Å². The maximum Gasteiger partial charge on any atom is 0.255 e. The van der Waals surface area contributed by atoms with E-state index in [1.807, 2.05) is 17.8 Å². The van der Waals surface area contributed by atoms with Gasteiger partial charge in [-0.2, -0.15) is 0 Å². The van der Waals surface area contributed by atoms with Gasteiger partial charge in [-0.15, -0.1) is 11.8 Å². The lowest BCUT2D eigenvalue weighted by atomic mass is 9.82. The Morgan fingerprint density at radius 2 is 1.79 bits per heavy atom. The van der Waals surface area contributed by atoms with Gasteiger partial charge in [-0.25, -0.2) is 0 Å². The van der Waals surface area contributed by atoms with E-state index in [1.54, 1.807) is 4.90 Å². The highest BCUT2D eigenvalue weighted by Gasteiger charge is 2.34. The Kier molecular flexibility index (Phi) is 9.31. The Morgan fingerprint density at radius 3 is 2.52 bits per heavy atom. The minimum absolute atomic E-state index is 0.0137. The Labute approximate surface area is 204 Å². The molecule has 5 heteroatoms. The molecule has 3 unspecified atom stereocenters. The lowest BCUT2D eigenvalue weighted by Crippen LogP contribution is -2.36. The second-order valence-corrected chi connectivity index (χ2v) is 11.6. The molecular formula is C28H42N2O2S. The molecule has 1 saturated carbocycles. The molecule has 4 rings (SSSR count). The molecule has 0 spiro atoms. The normalized spacial score (nSPS) is 23.5. The lowest BCUT2D eigenvalue weighted by molar-refractivity contribution is -0.112. The summed E-state index contributed by atoms with van der Waals surface area (Å²) in [6, 6.07) is 5.91. The SMILES string of the molecule is CCCC(C=O)N1Cc2cc(SCCCCCCCN3CC4CCCCC4C3)ccc2C1=O. The van der Waals surface area contributed by atoms with Gasteiger partial charge in [0, 0.05) is 30.1 Å². The molecule has 1 amide bonds. The number of aldehydes is 1. The molecule has 3 atom stereocenters. The molecule has 182 valence electrons. The minimum Gasteiger partial charge on any atom is -0.325 e. The van der Waals surface area contributed by atoms with Crippen molar-refractivity contribution in [3.63, 3.8) is 0 Å². The predicted octanol–water partition coefficient (Wildman–Crippen LogP) is 6.17. The molecule has 1 aromatic rings. The van der Waals surface area contributed by atoms with Gasteiger partial charge in [0.15, 0.2) is 0 Å². The van der Waals surface area contributed by atoms with Crippen molar-refractivity contribution in [3.8, 4) is 0 Å². The topological polar surface area (TPSA) is 40.6 Å². The van der Waals surface area contributed by atoms with Gasteiger partial charge in [-0.1, -0.05) is 45.4 Å². The van der Waals surface area contributed by atoms with E-state index >= 15 is 0 Å². The van der Waals surface area contributed by atoms with Gasteiger partial charge in [0.1, 0.15) is 6.29 Å². The third-order valence-corrected chi connectivity index (χ3v) is 9.07. The number of likely N-dealkylation sites (tertiary alicyclic amines) is 1. The van der Waals surface area contributed by atoms with Crippen molar-refractivity contribution in [2.75, 3.05) is 25.4 Å². The Morgan fingerprint density at radius 1 is 1.06 bits per heavy atom. The molecule has 0 aromatic heterocycles. The molecule has 33 heavy (non-hydrogen) atoms. The van der Waals surface area contributed by atoms with E-state index in [4.69, 9.17) is 0 Å². The molecule has 1 saturated heterocycles. The second kappa shape index (κ2) is 12.4. The smallest absolute Gasteiger partial charge is 0.255 e. The van der Waals surface area contributed by atoms with Crippen LogP contribution in [0.25, 0.3) is 0 Å². The number of carbonyl (C=O) groups is 2. The Bertz CT molecular complexity index is 784. The van der Waals surface area contributed by atoms with Crippen molar-refractivity contribution in [1.82, 2.24) is 9.80 Å². The summed E-state index contributed by atoms with van der Waals surface area (Å²) in [7, 11) is 0. The summed E-state index contributed by atoms with van der Waals surface area (Å²) in [5.41, 5.74) is 1.86. The summed E-state index contributed by atoms with van der Waals surface area (Å²) in [6.07, 6.45) is 15.1. The largest absolute Gasteiger partial charge is 0.325 e. The monoisotopic (exact) mass is 470 g/mol. The van der Waals surface area contributed by atoms with E-state index in [-0.39, 0.29) is 11.9 Å². The Hall–Kier alpha value is -1.33. The summed E-state index contributed by atoms with van der Waals surface area (Å²) in [5.74, 6) is 3.18. The first-order chi connectivity index (χ1) is 16.2. The Balaban J connectivity index is 1.09. The van der Waals surface area contributed by atoms with Crippen molar-refractivity contribution < 1.29 is 9.59 Å². The quantitative estimate of drug-likeness (QED) is 0.196. The first-order valence-electron chi connectivity index (χ1n) is 13.4. The number of hydrogen-bond acceptors (Lipinski definition) is 4. The fourth-order valence-corrected chi connectivity index (χ4v) is 7.09. The fraction of sp³-hybridized carbons (Fsp3) is 0.714. The lowest BCUT2D eigenvalue weighted by Gasteiger charge is -2.23. The molecular weight excluding hydrogens is 428 g/mol. The number of benzene rings is 1. The van der Waals surface area contributed by atoms with Crippen LogP contribution in [0, 0.1) is 11.8 Å². The number of rotatable bonds is 13. The highest BCUT2D eigenvalue weighted by molar-refractivity contribution is 7.99. The zero-order valence-electron chi connectivity index (χ0n) is 20.5. The number of amides is 1. The first kappa shape index (κ1) is 24.8. The van der Waals surface area contributed by atoms with Gasteiger partial charge in [0.2, 0.25) is 0 Å². The maximum atomic E-state index is 12.7. The molecule has 0 radical (unpaired) electrons. The van der Waals surface area contributed by atoms with Crippen LogP contribution in [0.4, 0.5) is 0 Å². The van der Waals surface area contributed by atoms with Crippen LogP contribution in [-0.2, 0) is 11.3 Å². The van der Waals surface area contributed by atoms with Crippen LogP contribution in [0.2, 0.25) is 0 Å². The second-order valence-electron chi connectivity index (χ2n) is 10.4. The van der Waals surface area contributed by atoms with Crippen LogP contribution in [-0.4, -0.2) is 53.4 Å². The highest BCUT2D eigenvalue weighted by Crippen LogP contribution is 2.36. The maximum absolute atomic E-state index is 12.7. The van der Waals surface area contributed by atoms with Gasteiger partial charge in [0.05, 0.1) is 6.04 Å². The molecule has 4 nitrogen and oxygen atoms in total. The standard InChI is InChI=1S/C28H42N2O2S/c1-2-10-25(21-31)30-20-24-17-26(13-14-27(24)28(30)32)33-16-9-5-3-4-8-15-29-18-22-11-6-7-12-23(22)19-29/h13-14,17,21-23,25H,2-12,15-16,18-20H2,1H3. The number of nitrogens with zero attached hydrogens (tertiary/aromatic N) is 2. The van der Waals surface area contributed by atoms with E-state index in [0.717, 1.165) is 47.8 Å². The molecule has 2 heterocycles. The van der Waals surface area contributed by atoms with Crippen LogP contribution in [0.1, 0.15) is 93.5 Å². The molecule has 1 aromatic carbocycles. The first-order valence-corrected chi connectivity index (χ1v) is 14.4. The number of unbranched alkanes of at least 4 members (excludes halogenated alkanes) is 4. The van der Waals surface area contributed by atoms with E-state index in [9.17, 15) is 9.59 Å². The number of fused-ring (bicyclic) bond motifs is 2. The number of thioether (sulfide) groups is 1. The van der Waals surface area contributed by atoms with Crippen molar-refractivity contribution in [3.05, 3.63) is 29.3 Å². The molecule has 2 fully saturated rings. The third-order valence-electron chi connectivity index (χ3n) is 7.99. The molecule has 1 aliphatic carbocycles. The van der Waals surface area contributed by atoms with Crippen LogP contribution in [0.15, 0.2) is 23.1 Å². The van der Waals surface area contributed by atoms with Gasteiger partial charge in [0.25, 0.3) is 5.91 Å². The zero-order chi connectivity index (χ0) is 23.0.